The Morgan fingerprint density at radius 3 is 1.00 bits per heavy atom. The summed E-state index contributed by atoms with van der Waals surface area (Å²) in [6.45, 7) is 7.98. The van der Waals surface area contributed by atoms with E-state index in [0.717, 1.165) is 38.5 Å². The third-order valence-electron chi connectivity index (χ3n) is 1.99. The second kappa shape index (κ2) is 37.7. The fourth-order valence-electron chi connectivity index (χ4n) is 1.05. The molecule has 0 rings (SSSR count). The first-order valence-corrected chi connectivity index (χ1v) is 8.02. The second-order valence-electron chi connectivity index (χ2n) is 4.33. The van der Waals surface area contributed by atoms with E-state index in [1.165, 1.54) is 0 Å². The van der Waals surface area contributed by atoms with E-state index in [1.807, 2.05) is 0 Å². The smallest absolute Gasteiger partial charge is 0.303 e. The Bertz CT molecular complexity index is 191. The van der Waals surface area contributed by atoms with Crippen molar-refractivity contribution in [2.75, 3.05) is 13.2 Å². The summed E-state index contributed by atoms with van der Waals surface area (Å²) in [4.78, 5) is 19.7. The molecule has 0 spiro atoms. The Morgan fingerprint density at radius 2 is 0.870 bits per heavy atom. The van der Waals surface area contributed by atoms with Gasteiger partial charge < -0.3 is 20.4 Å². The van der Waals surface area contributed by atoms with Crippen LogP contribution in [0.2, 0.25) is 0 Å². The summed E-state index contributed by atoms with van der Waals surface area (Å²) in [6.07, 6.45) is 6.55. The van der Waals surface area contributed by atoms with Crippen LogP contribution in [0.25, 0.3) is 0 Å². The summed E-state index contributed by atoms with van der Waals surface area (Å²) in [5.74, 6) is -1.36. The number of carboxylic acid groups (broad SMARTS) is 2. The maximum atomic E-state index is 9.87. The fraction of sp³-hybridized carbons (Fsp3) is 0.875. The number of aliphatic hydroxyl groups is 2. The normalized spacial score (nSPS) is 7.91. The Morgan fingerprint density at radius 1 is 0.652 bits per heavy atom. The molecule has 0 aliphatic carbocycles. The van der Waals surface area contributed by atoms with Crippen molar-refractivity contribution in [2.45, 2.75) is 79.1 Å². The van der Waals surface area contributed by atoms with Crippen molar-refractivity contribution >= 4 is 11.9 Å². The molecule has 23 heavy (non-hydrogen) atoms. The zero-order chi connectivity index (χ0) is 18.2. The molecule has 140 valence electrons. The largest absolute Gasteiger partial charge is 0.481 e. The number of hydrogen-bond donors (Lipinski definition) is 4. The van der Waals surface area contributed by atoms with Crippen LogP contribution < -0.4 is 0 Å². The van der Waals surface area contributed by atoms with Crippen LogP contribution in [0.5, 0.6) is 0 Å². The molecule has 7 heteroatoms. The van der Waals surface area contributed by atoms with Gasteiger partial charge in [-0.25, -0.2) is 0 Å². The van der Waals surface area contributed by atoms with Crippen molar-refractivity contribution in [3.05, 3.63) is 0 Å². The molecule has 0 aliphatic rings. The van der Waals surface area contributed by atoms with Crippen LogP contribution in [-0.4, -0.2) is 45.6 Å². The molecule has 0 unspecified atom stereocenters. The van der Waals surface area contributed by atoms with E-state index in [1.54, 1.807) is 13.8 Å². The van der Waals surface area contributed by atoms with Crippen molar-refractivity contribution in [2.24, 2.45) is 0 Å². The zero-order valence-electron chi connectivity index (χ0n) is 15.2. The van der Waals surface area contributed by atoms with Gasteiger partial charge in [0.2, 0.25) is 0 Å². The molecule has 0 aliphatic heterocycles. The predicted molar refractivity (Wildman–Crippen MR) is 89.1 cm³/mol. The van der Waals surface area contributed by atoms with Gasteiger partial charge in [-0.1, -0.05) is 39.5 Å². The van der Waals surface area contributed by atoms with Gasteiger partial charge in [0.25, 0.3) is 0 Å². The van der Waals surface area contributed by atoms with E-state index < -0.39 is 11.9 Å². The molecule has 0 saturated heterocycles. The van der Waals surface area contributed by atoms with Gasteiger partial charge in [0, 0.05) is 52.3 Å². The summed E-state index contributed by atoms with van der Waals surface area (Å²) in [7, 11) is 0. The SMILES string of the molecule is CCCCCC(=O)O.CCCCCC(=O)O.CCO.CCO.[Zr]. The summed E-state index contributed by atoms with van der Waals surface area (Å²) in [5, 5.41) is 31.4. The number of hydrogen-bond acceptors (Lipinski definition) is 4. The molecule has 0 aromatic heterocycles. The molecule has 0 amide bonds. The van der Waals surface area contributed by atoms with E-state index in [4.69, 9.17) is 20.4 Å². The molecule has 0 aromatic rings. The van der Waals surface area contributed by atoms with Crippen LogP contribution in [-0.2, 0) is 35.8 Å². The average molecular weight is 416 g/mol. The quantitative estimate of drug-likeness (QED) is 0.452. The first-order chi connectivity index (χ1) is 10.4. The Kier molecular flexibility index (Phi) is 56.1. The third kappa shape index (κ3) is 89.3. The van der Waals surface area contributed by atoms with Gasteiger partial charge in [-0.2, -0.15) is 0 Å². The maximum absolute atomic E-state index is 9.87. The number of aliphatic carboxylic acids is 2. The molecule has 0 atom stereocenters. The van der Waals surface area contributed by atoms with Gasteiger partial charge >= 0.3 is 11.9 Å². The number of unbranched alkanes of at least 4 members (excludes halogenated alkanes) is 4. The predicted octanol–water partition coefficient (Wildman–Crippen LogP) is 3.30. The van der Waals surface area contributed by atoms with E-state index >= 15 is 0 Å². The van der Waals surface area contributed by atoms with E-state index in [9.17, 15) is 9.59 Å². The second-order valence-corrected chi connectivity index (χ2v) is 4.33. The fourth-order valence-corrected chi connectivity index (χ4v) is 1.05. The van der Waals surface area contributed by atoms with Crippen molar-refractivity contribution in [3.63, 3.8) is 0 Å². The van der Waals surface area contributed by atoms with Crippen LogP contribution >= 0.6 is 0 Å². The van der Waals surface area contributed by atoms with Crippen LogP contribution in [0.4, 0.5) is 0 Å². The molecule has 4 N–H and O–H groups in total. The average Bonchev–Trinajstić information content (AvgIpc) is 2.41. The summed E-state index contributed by atoms with van der Waals surface area (Å²) in [5.41, 5.74) is 0. The van der Waals surface area contributed by atoms with Crippen molar-refractivity contribution in [3.8, 4) is 0 Å². The van der Waals surface area contributed by atoms with Gasteiger partial charge in [0.05, 0.1) is 0 Å². The topological polar surface area (TPSA) is 115 Å². The molecule has 6 nitrogen and oxygen atoms in total. The van der Waals surface area contributed by atoms with Crippen molar-refractivity contribution in [1.82, 2.24) is 0 Å². The minimum atomic E-state index is -0.682. The molecule has 0 saturated carbocycles. The maximum Gasteiger partial charge on any atom is 0.303 e. The van der Waals surface area contributed by atoms with Crippen LogP contribution in [0.15, 0.2) is 0 Å². The molecule has 0 aromatic carbocycles. The summed E-state index contributed by atoms with van der Waals surface area (Å²) >= 11 is 0. The molecular weight excluding hydrogens is 379 g/mol. The number of rotatable bonds is 8. The Labute approximate surface area is 160 Å². The third-order valence-corrected chi connectivity index (χ3v) is 1.99. The number of carboxylic acids is 2. The van der Waals surface area contributed by atoms with Gasteiger partial charge in [-0.05, 0) is 26.7 Å². The molecule has 0 fully saturated rings. The van der Waals surface area contributed by atoms with E-state index in [-0.39, 0.29) is 39.4 Å². The monoisotopic (exact) mass is 414 g/mol. The molecule has 0 bridgehead atoms. The molecular formula is C16H36O6Zr. The number of carbonyl (C=O) groups is 2. The Balaban J connectivity index is -0.0000000680. The van der Waals surface area contributed by atoms with Gasteiger partial charge in [-0.15, -0.1) is 0 Å². The van der Waals surface area contributed by atoms with Gasteiger partial charge in [0.15, 0.2) is 0 Å². The summed E-state index contributed by atoms with van der Waals surface area (Å²) < 4.78 is 0. The van der Waals surface area contributed by atoms with Crippen LogP contribution in [0, 0.1) is 0 Å². The van der Waals surface area contributed by atoms with Crippen LogP contribution in [0.1, 0.15) is 79.1 Å². The molecule has 0 radical (unpaired) electrons. The van der Waals surface area contributed by atoms with E-state index in [0.29, 0.717) is 12.8 Å². The molecule has 0 heterocycles. The standard InChI is InChI=1S/2C6H12O2.2C2H6O.Zr/c2*1-2-3-4-5-6(7)8;2*1-2-3;/h2*2-5H2,1H3,(H,7,8);2*3H,2H2,1H3;. The first-order valence-electron chi connectivity index (χ1n) is 8.02. The summed E-state index contributed by atoms with van der Waals surface area (Å²) in [6, 6.07) is 0. The zero-order valence-corrected chi connectivity index (χ0v) is 17.6. The van der Waals surface area contributed by atoms with Crippen molar-refractivity contribution < 1.29 is 56.2 Å². The Hall–Kier alpha value is -0.257. The minimum Gasteiger partial charge on any atom is -0.481 e. The minimum absolute atomic E-state index is 0. The van der Waals surface area contributed by atoms with Gasteiger partial charge in [0.1, 0.15) is 0 Å². The van der Waals surface area contributed by atoms with E-state index in [2.05, 4.69) is 13.8 Å². The first kappa shape index (κ1) is 34.2. The number of aliphatic hydroxyl groups excluding tert-OH is 2. The van der Waals surface area contributed by atoms with Crippen LogP contribution in [0.3, 0.4) is 0 Å². The van der Waals surface area contributed by atoms with Crippen molar-refractivity contribution in [1.29, 1.82) is 0 Å². The van der Waals surface area contributed by atoms with Gasteiger partial charge in [-0.3, -0.25) is 9.59 Å².